The van der Waals surface area contributed by atoms with Crippen LogP contribution in [0.3, 0.4) is 0 Å². The third-order valence-electron chi connectivity index (χ3n) is 2.77. The Labute approximate surface area is 98.7 Å². The van der Waals surface area contributed by atoms with Gasteiger partial charge in [-0.2, -0.15) is 0 Å². The zero-order valence-electron chi connectivity index (χ0n) is 9.37. The molecule has 4 N–H and O–H groups in total. The minimum absolute atomic E-state index is 0.155. The molecule has 1 aliphatic heterocycles. The van der Waals surface area contributed by atoms with E-state index in [4.69, 9.17) is 5.84 Å². The van der Waals surface area contributed by atoms with Crippen LogP contribution in [0.4, 0.5) is 20.6 Å². The predicted octanol–water partition coefficient (Wildman–Crippen LogP) is 1.74. The molecule has 0 bridgehead atoms. The van der Waals surface area contributed by atoms with E-state index in [0.717, 1.165) is 25.9 Å². The van der Waals surface area contributed by atoms with Crippen molar-refractivity contribution in [1.82, 2.24) is 4.90 Å². The van der Waals surface area contributed by atoms with Gasteiger partial charge in [-0.1, -0.05) is 0 Å². The van der Waals surface area contributed by atoms with Gasteiger partial charge in [0.25, 0.3) is 0 Å². The molecule has 0 aromatic heterocycles. The van der Waals surface area contributed by atoms with E-state index in [2.05, 4.69) is 10.7 Å². The number of halogens is 1. The molecule has 0 radical (unpaired) electrons. The Morgan fingerprint density at radius 1 is 1.35 bits per heavy atom. The summed E-state index contributed by atoms with van der Waals surface area (Å²) in [5.74, 6) is 4.71. The summed E-state index contributed by atoms with van der Waals surface area (Å²) in [5.41, 5.74) is 2.92. The Morgan fingerprint density at radius 3 is 2.71 bits per heavy atom. The van der Waals surface area contributed by atoms with Gasteiger partial charge in [0, 0.05) is 18.8 Å². The Hall–Kier alpha value is -1.82. The fraction of sp³-hybridized carbons (Fsp3) is 0.364. The molecule has 1 fully saturated rings. The van der Waals surface area contributed by atoms with Crippen LogP contribution < -0.4 is 16.6 Å². The monoisotopic (exact) mass is 238 g/mol. The summed E-state index contributed by atoms with van der Waals surface area (Å²) in [6.07, 6.45) is 2.07. The van der Waals surface area contributed by atoms with E-state index in [1.165, 1.54) is 18.2 Å². The molecule has 0 aliphatic carbocycles. The number of hydrazine groups is 1. The minimum Gasteiger partial charge on any atom is -0.325 e. The van der Waals surface area contributed by atoms with Crippen LogP contribution in [-0.2, 0) is 0 Å². The molecule has 0 atom stereocenters. The third-order valence-corrected chi connectivity index (χ3v) is 2.77. The number of rotatable bonds is 2. The van der Waals surface area contributed by atoms with E-state index < -0.39 is 5.82 Å². The number of nitrogen functional groups attached to an aromatic ring is 1. The zero-order chi connectivity index (χ0) is 12.3. The number of likely N-dealkylation sites (tertiary alicyclic amines) is 1. The Morgan fingerprint density at radius 2 is 2.06 bits per heavy atom. The number of anilines is 2. The first-order valence-corrected chi connectivity index (χ1v) is 5.53. The van der Waals surface area contributed by atoms with Crippen molar-refractivity contribution in [2.45, 2.75) is 12.8 Å². The fourth-order valence-corrected chi connectivity index (χ4v) is 1.84. The molecule has 0 spiro atoms. The summed E-state index contributed by atoms with van der Waals surface area (Å²) >= 11 is 0. The Bertz CT molecular complexity index is 418. The second kappa shape index (κ2) is 5.01. The first kappa shape index (κ1) is 11.7. The molecule has 0 unspecified atom stereocenters. The number of carbonyl (C=O) groups excluding carboxylic acids is 1. The van der Waals surface area contributed by atoms with Crippen LogP contribution in [0.25, 0.3) is 0 Å². The first-order valence-electron chi connectivity index (χ1n) is 5.53. The largest absolute Gasteiger partial charge is 0.325 e. The maximum Gasteiger partial charge on any atom is 0.321 e. The van der Waals surface area contributed by atoms with Crippen LogP contribution in [0.5, 0.6) is 0 Å². The molecule has 92 valence electrons. The van der Waals surface area contributed by atoms with Crippen molar-refractivity contribution in [3.63, 3.8) is 0 Å². The number of hydrogen-bond donors (Lipinski definition) is 3. The summed E-state index contributed by atoms with van der Waals surface area (Å²) in [6, 6.07) is 4.07. The van der Waals surface area contributed by atoms with Gasteiger partial charge in [0.15, 0.2) is 0 Å². The summed E-state index contributed by atoms with van der Waals surface area (Å²) in [4.78, 5) is 13.5. The molecular weight excluding hydrogens is 223 g/mol. The Balaban J connectivity index is 2.05. The number of nitrogens with one attached hydrogen (secondary N) is 2. The molecular formula is C11H15FN4O. The van der Waals surface area contributed by atoms with Crippen molar-refractivity contribution in [3.05, 3.63) is 24.0 Å². The number of benzene rings is 1. The van der Waals surface area contributed by atoms with Crippen LogP contribution in [0.1, 0.15) is 12.8 Å². The normalized spacial score (nSPS) is 14.8. The standard InChI is InChI=1S/C11H15FN4O/c12-9-4-3-8(7-10(9)15-13)14-11(17)16-5-1-2-6-16/h3-4,7,15H,1-2,5-6,13H2,(H,14,17). The van der Waals surface area contributed by atoms with Crippen LogP contribution in [-0.4, -0.2) is 24.0 Å². The van der Waals surface area contributed by atoms with Crippen LogP contribution in [0.2, 0.25) is 0 Å². The van der Waals surface area contributed by atoms with Gasteiger partial charge >= 0.3 is 6.03 Å². The highest BCUT2D eigenvalue weighted by molar-refractivity contribution is 5.90. The molecule has 1 saturated heterocycles. The second-order valence-corrected chi connectivity index (χ2v) is 3.96. The minimum atomic E-state index is -0.452. The van der Waals surface area contributed by atoms with Crippen molar-refractivity contribution in [3.8, 4) is 0 Å². The van der Waals surface area contributed by atoms with Gasteiger partial charge in [-0.05, 0) is 31.0 Å². The lowest BCUT2D eigenvalue weighted by molar-refractivity contribution is 0.222. The van der Waals surface area contributed by atoms with Crippen molar-refractivity contribution in [2.75, 3.05) is 23.8 Å². The number of nitrogens with two attached hydrogens (primary N) is 1. The predicted molar refractivity (Wildman–Crippen MR) is 64.0 cm³/mol. The summed E-state index contributed by atoms with van der Waals surface area (Å²) in [7, 11) is 0. The second-order valence-electron chi connectivity index (χ2n) is 3.96. The number of hydrogen-bond acceptors (Lipinski definition) is 3. The van der Waals surface area contributed by atoms with Gasteiger partial charge < -0.3 is 15.6 Å². The lowest BCUT2D eigenvalue weighted by Crippen LogP contribution is -2.32. The SMILES string of the molecule is NNc1cc(NC(=O)N2CCCC2)ccc1F. The van der Waals surface area contributed by atoms with E-state index in [-0.39, 0.29) is 11.7 Å². The lowest BCUT2D eigenvalue weighted by atomic mass is 10.2. The van der Waals surface area contributed by atoms with E-state index in [0.29, 0.717) is 5.69 Å². The molecule has 1 aromatic carbocycles. The topological polar surface area (TPSA) is 70.4 Å². The molecule has 5 nitrogen and oxygen atoms in total. The Kier molecular flexibility index (Phi) is 3.43. The lowest BCUT2D eigenvalue weighted by Gasteiger charge is -2.16. The molecule has 1 aromatic rings. The molecule has 2 rings (SSSR count). The van der Waals surface area contributed by atoms with Gasteiger partial charge in [-0.25, -0.2) is 9.18 Å². The van der Waals surface area contributed by atoms with Crippen molar-refractivity contribution in [2.24, 2.45) is 5.84 Å². The van der Waals surface area contributed by atoms with E-state index in [1.54, 1.807) is 4.90 Å². The number of carbonyl (C=O) groups is 1. The first-order chi connectivity index (χ1) is 8.20. The van der Waals surface area contributed by atoms with Crippen LogP contribution in [0.15, 0.2) is 18.2 Å². The van der Waals surface area contributed by atoms with Crippen LogP contribution in [0, 0.1) is 5.82 Å². The van der Waals surface area contributed by atoms with Gasteiger partial charge in [-0.3, -0.25) is 5.84 Å². The molecule has 6 heteroatoms. The van der Waals surface area contributed by atoms with Crippen molar-refractivity contribution >= 4 is 17.4 Å². The molecule has 1 heterocycles. The van der Waals surface area contributed by atoms with Gasteiger partial charge in [0.2, 0.25) is 0 Å². The van der Waals surface area contributed by atoms with Gasteiger partial charge in [-0.15, -0.1) is 0 Å². The van der Waals surface area contributed by atoms with E-state index in [1.807, 2.05) is 0 Å². The highest BCUT2D eigenvalue weighted by Crippen LogP contribution is 2.19. The third kappa shape index (κ3) is 2.65. The van der Waals surface area contributed by atoms with Crippen molar-refractivity contribution in [1.29, 1.82) is 0 Å². The number of nitrogens with zero attached hydrogens (tertiary/aromatic N) is 1. The maximum absolute atomic E-state index is 13.1. The fourth-order valence-electron chi connectivity index (χ4n) is 1.84. The average molecular weight is 238 g/mol. The summed E-state index contributed by atoms with van der Waals surface area (Å²) in [6.45, 7) is 1.55. The average Bonchev–Trinajstić information content (AvgIpc) is 2.85. The summed E-state index contributed by atoms with van der Waals surface area (Å²) in [5, 5.41) is 2.71. The van der Waals surface area contributed by atoms with Gasteiger partial charge in [0.05, 0.1) is 5.69 Å². The number of amides is 2. The maximum atomic E-state index is 13.1. The zero-order valence-corrected chi connectivity index (χ0v) is 9.37. The quantitative estimate of drug-likeness (QED) is 0.543. The number of urea groups is 1. The highest BCUT2D eigenvalue weighted by Gasteiger charge is 2.17. The highest BCUT2D eigenvalue weighted by atomic mass is 19.1. The van der Waals surface area contributed by atoms with Crippen molar-refractivity contribution < 1.29 is 9.18 Å². The van der Waals surface area contributed by atoms with E-state index in [9.17, 15) is 9.18 Å². The molecule has 0 saturated carbocycles. The smallest absolute Gasteiger partial charge is 0.321 e. The summed E-state index contributed by atoms with van der Waals surface area (Å²) < 4.78 is 13.1. The van der Waals surface area contributed by atoms with Gasteiger partial charge in [0.1, 0.15) is 5.82 Å². The molecule has 2 amide bonds. The van der Waals surface area contributed by atoms with E-state index >= 15 is 0 Å². The molecule has 17 heavy (non-hydrogen) atoms. The van der Waals surface area contributed by atoms with Crippen LogP contribution >= 0.6 is 0 Å². The molecule has 1 aliphatic rings.